The molecule has 1 amide bonds. The van der Waals surface area contributed by atoms with E-state index in [2.05, 4.69) is 19.2 Å². The van der Waals surface area contributed by atoms with Gasteiger partial charge in [0, 0.05) is 38.7 Å². The molecule has 1 aliphatic heterocycles. The van der Waals surface area contributed by atoms with Crippen molar-refractivity contribution in [2.24, 2.45) is 0 Å². The molecule has 112 valence electrons. The fourth-order valence-corrected chi connectivity index (χ4v) is 2.67. The van der Waals surface area contributed by atoms with Crippen molar-refractivity contribution < 1.29 is 9.53 Å². The highest BCUT2D eigenvalue weighted by atomic mass is 16.5. The number of carbonyl (C=O) groups is 1. The summed E-state index contributed by atoms with van der Waals surface area (Å²) in [4.78, 5) is 13.8. The van der Waals surface area contributed by atoms with Gasteiger partial charge in [0.05, 0.1) is 5.60 Å². The molecule has 0 saturated carbocycles. The van der Waals surface area contributed by atoms with Gasteiger partial charge in [0.15, 0.2) is 0 Å². The monoisotopic (exact) mass is 270 g/mol. The van der Waals surface area contributed by atoms with E-state index in [0.717, 1.165) is 45.5 Å². The van der Waals surface area contributed by atoms with E-state index in [9.17, 15) is 4.79 Å². The van der Waals surface area contributed by atoms with E-state index in [4.69, 9.17) is 4.74 Å². The molecule has 0 aliphatic carbocycles. The molecule has 4 heteroatoms. The quantitative estimate of drug-likeness (QED) is 0.771. The third-order valence-electron chi connectivity index (χ3n) is 4.23. The highest BCUT2D eigenvalue weighted by Crippen LogP contribution is 2.27. The summed E-state index contributed by atoms with van der Waals surface area (Å²) in [6, 6.07) is 0.489. The van der Waals surface area contributed by atoms with Crippen LogP contribution in [0.1, 0.15) is 53.4 Å². The molecule has 0 spiro atoms. The molecule has 4 nitrogen and oxygen atoms in total. The zero-order chi connectivity index (χ0) is 14.3. The van der Waals surface area contributed by atoms with Gasteiger partial charge in [-0.25, -0.2) is 0 Å². The summed E-state index contributed by atoms with van der Waals surface area (Å²) in [5.74, 6) is 0.253. The predicted molar refractivity (Wildman–Crippen MR) is 78.2 cm³/mol. The Bertz CT molecular complexity index is 279. The number of carbonyl (C=O) groups excluding carboxylic acids is 1. The molecule has 0 aromatic carbocycles. The van der Waals surface area contributed by atoms with E-state index < -0.39 is 0 Å². The van der Waals surface area contributed by atoms with Crippen LogP contribution in [0.5, 0.6) is 0 Å². The van der Waals surface area contributed by atoms with Gasteiger partial charge in [-0.3, -0.25) is 4.79 Å². The second-order valence-electron chi connectivity index (χ2n) is 5.61. The van der Waals surface area contributed by atoms with Crippen LogP contribution in [0.2, 0.25) is 0 Å². The number of hydrogen-bond acceptors (Lipinski definition) is 3. The van der Waals surface area contributed by atoms with Gasteiger partial charge in [-0.05, 0) is 40.0 Å². The van der Waals surface area contributed by atoms with Crippen LogP contribution in [0, 0.1) is 0 Å². The second kappa shape index (κ2) is 7.85. The lowest BCUT2D eigenvalue weighted by molar-refractivity contribution is -0.130. The Kier molecular flexibility index (Phi) is 6.80. The van der Waals surface area contributed by atoms with Crippen LogP contribution in [0.3, 0.4) is 0 Å². The van der Waals surface area contributed by atoms with E-state index in [-0.39, 0.29) is 11.5 Å². The number of nitrogens with one attached hydrogen (secondary N) is 1. The van der Waals surface area contributed by atoms with Crippen molar-refractivity contribution in [2.45, 2.75) is 65.0 Å². The predicted octanol–water partition coefficient (Wildman–Crippen LogP) is 2.18. The molecule has 1 N–H and O–H groups in total. The molecule has 0 bridgehead atoms. The maximum atomic E-state index is 11.9. The van der Waals surface area contributed by atoms with Crippen LogP contribution in [0.15, 0.2) is 0 Å². The number of hydrogen-bond donors (Lipinski definition) is 1. The summed E-state index contributed by atoms with van der Waals surface area (Å²) >= 11 is 0. The van der Waals surface area contributed by atoms with Crippen LogP contribution in [0.4, 0.5) is 0 Å². The van der Waals surface area contributed by atoms with Crippen LogP contribution in [0.25, 0.3) is 0 Å². The molecule has 2 unspecified atom stereocenters. The minimum Gasteiger partial charge on any atom is -0.375 e. The first-order chi connectivity index (χ1) is 9.04. The fraction of sp³-hybridized carbons (Fsp3) is 0.933. The Morgan fingerprint density at radius 1 is 1.37 bits per heavy atom. The molecule has 19 heavy (non-hydrogen) atoms. The SMILES string of the molecule is CCN(CC)C(=O)CCNC1CCOC(C)(CC)C1. The fourth-order valence-electron chi connectivity index (χ4n) is 2.67. The third-order valence-corrected chi connectivity index (χ3v) is 4.23. The topological polar surface area (TPSA) is 41.6 Å². The smallest absolute Gasteiger partial charge is 0.223 e. The van der Waals surface area contributed by atoms with Gasteiger partial charge in [0.2, 0.25) is 5.91 Å². The lowest BCUT2D eigenvalue weighted by atomic mass is 9.90. The van der Waals surface area contributed by atoms with Crippen molar-refractivity contribution in [1.29, 1.82) is 0 Å². The number of nitrogens with zero attached hydrogens (tertiary/aromatic N) is 1. The summed E-state index contributed by atoms with van der Waals surface area (Å²) in [5.41, 5.74) is 0.0127. The molecule has 0 radical (unpaired) electrons. The number of rotatable bonds is 7. The number of amides is 1. The molecule has 1 fully saturated rings. The minimum atomic E-state index is 0.0127. The van der Waals surface area contributed by atoms with Gasteiger partial charge in [0.1, 0.15) is 0 Å². The highest BCUT2D eigenvalue weighted by Gasteiger charge is 2.31. The molecule has 1 aliphatic rings. The lowest BCUT2D eigenvalue weighted by Gasteiger charge is -2.38. The average molecular weight is 270 g/mol. The Balaban J connectivity index is 2.27. The molecular weight excluding hydrogens is 240 g/mol. The zero-order valence-electron chi connectivity index (χ0n) is 13.0. The molecule has 0 aromatic heterocycles. The van der Waals surface area contributed by atoms with Gasteiger partial charge in [-0.15, -0.1) is 0 Å². The normalized spacial score (nSPS) is 27.3. The first-order valence-electron chi connectivity index (χ1n) is 7.69. The average Bonchev–Trinajstić information content (AvgIpc) is 2.40. The Morgan fingerprint density at radius 3 is 2.63 bits per heavy atom. The lowest BCUT2D eigenvalue weighted by Crippen LogP contribution is -2.46. The van der Waals surface area contributed by atoms with Crippen molar-refractivity contribution in [3.05, 3.63) is 0 Å². The Labute approximate surface area is 117 Å². The van der Waals surface area contributed by atoms with Crippen LogP contribution in [-0.2, 0) is 9.53 Å². The van der Waals surface area contributed by atoms with Gasteiger partial charge in [0.25, 0.3) is 0 Å². The molecular formula is C15H30N2O2. The van der Waals surface area contributed by atoms with Gasteiger partial charge in [-0.2, -0.15) is 0 Å². The maximum Gasteiger partial charge on any atom is 0.223 e. The van der Waals surface area contributed by atoms with Crippen molar-refractivity contribution in [1.82, 2.24) is 10.2 Å². The van der Waals surface area contributed by atoms with Gasteiger partial charge < -0.3 is 15.0 Å². The first-order valence-corrected chi connectivity index (χ1v) is 7.69. The van der Waals surface area contributed by atoms with E-state index in [1.54, 1.807) is 0 Å². The van der Waals surface area contributed by atoms with E-state index in [1.165, 1.54) is 0 Å². The van der Waals surface area contributed by atoms with Crippen LogP contribution in [-0.4, -0.2) is 48.7 Å². The summed E-state index contributed by atoms with van der Waals surface area (Å²) in [6.45, 7) is 11.6. The summed E-state index contributed by atoms with van der Waals surface area (Å²) in [6.07, 6.45) is 3.74. The van der Waals surface area contributed by atoms with Crippen molar-refractivity contribution >= 4 is 5.91 Å². The summed E-state index contributed by atoms with van der Waals surface area (Å²) < 4.78 is 5.83. The van der Waals surface area contributed by atoms with Crippen LogP contribution < -0.4 is 5.32 Å². The third kappa shape index (κ3) is 5.11. The first kappa shape index (κ1) is 16.4. The van der Waals surface area contributed by atoms with Crippen molar-refractivity contribution in [3.8, 4) is 0 Å². The minimum absolute atomic E-state index is 0.0127. The largest absolute Gasteiger partial charge is 0.375 e. The summed E-state index contributed by atoms with van der Waals surface area (Å²) in [7, 11) is 0. The Hall–Kier alpha value is -0.610. The standard InChI is InChI=1S/C15H30N2O2/c1-5-15(4)12-13(9-11-19-15)16-10-8-14(18)17(6-2)7-3/h13,16H,5-12H2,1-4H3. The molecule has 1 saturated heterocycles. The van der Waals surface area contributed by atoms with E-state index >= 15 is 0 Å². The van der Waals surface area contributed by atoms with E-state index in [1.807, 2.05) is 18.7 Å². The molecule has 0 aromatic rings. The van der Waals surface area contributed by atoms with Gasteiger partial charge >= 0.3 is 0 Å². The summed E-state index contributed by atoms with van der Waals surface area (Å²) in [5, 5.41) is 3.52. The highest BCUT2D eigenvalue weighted by molar-refractivity contribution is 5.76. The van der Waals surface area contributed by atoms with Crippen molar-refractivity contribution in [2.75, 3.05) is 26.2 Å². The maximum absolute atomic E-state index is 11.9. The number of ether oxygens (including phenoxy) is 1. The zero-order valence-corrected chi connectivity index (χ0v) is 13.0. The van der Waals surface area contributed by atoms with Crippen molar-refractivity contribution in [3.63, 3.8) is 0 Å². The second-order valence-corrected chi connectivity index (χ2v) is 5.61. The Morgan fingerprint density at radius 2 is 2.05 bits per heavy atom. The molecule has 2 atom stereocenters. The van der Waals surface area contributed by atoms with Crippen LogP contribution >= 0.6 is 0 Å². The van der Waals surface area contributed by atoms with Gasteiger partial charge in [-0.1, -0.05) is 6.92 Å². The molecule has 1 heterocycles. The van der Waals surface area contributed by atoms with E-state index in [0.29, 0.717) is 12.5 Å². The molecule has 1 rings (SSSR count).